The zero-order valence-corrected chi connectivity index (χ0v) is 13.2. The molecule has 6 heteroatoms. The Morgan fingerprint density at radius 2 is 2.05 bits per heavy atom. The van der Waals surface area contributed by atoms with Crippen LogP contribution in [-0.2, 0) is 9.53 Å². The van der Waals surface area contributed by atoms with Gasteiger partial charge in [-0.15, -0.1) is 0 Å². The van der Waals surface area contributed by atoms with Crippen molar-refractivity contribution in [1.29, 1.82) is 0 Å². The topological polar surface area (TPSA) is 59.6 Å². The fourth-order valence-electron chi connectivity index (χ4n) is 2.32. The second kappa shape index (κ2) is 7.07. The molecule has 5 nitrogen and oxygen atoms in total. The Morgan fingerprint density at radius 3 is 2.68 bits per heavy atom. The second-order valence-corrected chi connectivity index (χ2v) is 6.10. The van der Waals surface area contributed by atoms with Crippen LogP contribution in [0, 0.1) is 5.92 Å². The number of amides is 1. The molecule has 0 aromatic heterocycles. The molecule has 1 saturated heterocycles. The summed E-state index contributed by atoms with van der Waals surface area (Å²) < 4.78 is 11.2. The molecule has 0 bridgehead atoms. The third-order valence-electron chi connectivity index (χ3n) is 3.76. The van der Waals surface area contributed by atoms with Crippen molar-refractivity contribution >= 4 is 28.9 Å². The molecule has 1 amide bonds. The van der Waals surface area contributed by atoms with Gasteiger partial charge in [0.2, 0.25) is 5.91 Å². The molecule has 1 aliphatic carbocycles. The quantitative estimate of drug-likeness (QED) is 0.816. The van der Waals surface area contributed by atoms with E-state index < -0.39 is 0 Å². The summed E-state index contributed by atoms with van der Waals surface area (Å²) in [6.45, 7) is 1.42. The SMILES string of the molecule is O=C(NC(=S)Nc1ccc(OC[C@@H]2CCCO2)cc1)C1CC1. The average Bonchev–Trinajstić information content (AvgIpc) is 3.24. The van der Waals surface area contributed by atoms with E-state index in [0.29, 0.717) is 11.7 Å². The molecule has 2 fully saturated rings. The summed E-state index contributed by atoms with van der Waals surface area (Å²) in [5.74, 6) is 0.955. The van der Waals surface area contributed by atoms with Crippen LogP contribution in [0.15, 0.2) is 24.3 Å². The van der Waals surface area contributed by atoms with Gasteiger partial charge >= 0.3 is 0 Å². The Balaban J connectivity index is 1.43. The van der Waals surface area contributed by atoms with Crippen LogP contribution in [0.25, 0.3) is 0 Å². The van der Waals surface area contributed by atoms with Crippen LogP contribution in [0.4, 0.5) is 5.69 Å². The summed E-state index contributed by atoms with van der Waals surface area (Å²) in [5.41, 5.74) is 0.825. The summed E-state index contributed by atoms with van der Waals surface area (Å²) in [6, 6.07) is 7.51. The van der Waals surface area contributed by atoms with E-state index in [1.165, 1.54) is 0 Å². The van der Waals surface area contributed by atoms with E-state index in [-0.39, 0.29) is 17.9 Å². The third-order valence-corrected chi connectivity index (χ3v) is 3.96. The molecule has 118 valence electrons. The van der Waals surface area contributed by atoms with Crippen LogP contribution in [0.1, 0.15) is 25.7 Å². The predicted octanol–water partition coefficient (Wildman–Crippen LogP) is 2.47. The molecular formula is C16H20N2O3S. The maximum Gasteiger partial charge on any atom is 0.229 e. The smallest absolute Gasteiger partial charge is 0.229 e. The van der Waals surface area contributed by atoms with Crippen LogP contribution in [-0.4, -0.2) is 30.3 Å². The lowest BCUT2D eigenvalue weighted by Gasteiger charge is -2.12. The van der Waals surface area contributed by atoms with Gasteiger partial charge in [-0.3, -0.25) is 4.79 Å². The minimum absolute atomic E-state index is 0.00835. The maximum atomic E-state index is 11.6. The van der Waals surface area contributed by atoms with Gasteiger partial charge in [-0.25, -0.2) is 0 Å². The molecule has 2 N–H and O–H groups in total. The van der Waals surface area contributed by atoms with E-state index >= 15 is 0 Å². The van der Waals surface area contributed by atoms with E-state index in [1.54, 1.807) is 0 Å². The molecule has 0 spiro atoms. The molecule has 0 radical (unpaired) electrons. The Kier molecular flexibility index (Phi) is 4.90. The predicted molar refractivity (Wildman–Crippen MR) is 88.0 cm³/mol. The fourth-order valence-corrected chi connectivity index (χ4v) is 2.54. The standard InChI is InChI=1S/C16H20N2O3S/c19-15(11-3-4-11)18-16(22)17-12-5-7-13(8-6-12)21-10-14-2-1-9-20-14/h5-8,11,14H,1-4,9-10H2,(H2,17,18,19,22)/t14-/m0/s1. The second-order valence-electron chi connectivity index (χ2n) is 5.69. The lowest BCUT2D eigenvalue weighted by molar-refractivity contribution is -0.120. The van der Waals surface area contributed by atoms with Crippen LogP contribution in [0.2, 0.25) is 0 Å². The highest BCUT2D eigenvalue weighted by molar-refractivity contribution is 7.80. The van der Waals surface area contributed by atoms with Gasteiger partial charge in [-0.2, -0.15) is 0 Å². The van der Waals surface area contributed by atoms with Crippen molar-refractivity contribution in [3.8, 4) is 5.75 Å². The number of rotatable bonds is 5. The van der Waals surface area contributed by atoms with E-state index in [0.717, 1.165) is 43.7 Å². The molecule has 1 saturated carbocycles. The Bertz CT molecular complexity index is 537. The number of hydrogen-bond acceptors (Lipinski definition) is 4. The summed E-state index contributed by atoms with van der Waals surface area (Å²) in [4.78, 5) is 11.6. The molecule has 1 aliphatic heterocycles. The summed E-state index contributed by atoms with van der Waals surface area (Å²) >= 11 is 5.13. The van der Waals surface area contributed by atoms with Gasteiger partial charge in [0.05, 0.1) is 6.10 Å². The van der Waals surface area contributed by atoms with Crippen molar-refractivity contribution in [3.63, 3.8) is 0 Å². The number of hydrogen-bond donors (Lipinski definition) is 2. The number of ether oxygens (including phenoxy) is 2. The minimum atomic E-state index is 0.00835. The zero-order valence-electron chi connectivity index (χ0n) is 12.3. The summed E-state index contributed by atoms with van der Waals surface area (Å²) in [6.07, 6.45) is 4.31. The van der Waals surface area contributed by atoms with Crippen molar-refractivity contribution in [2.24, 2.45) is 5.92 Å². The number of nitrogens with one attached hydrogen (secondary N) is 2. The number of carbonyl (C=O) groups excluding carboxylic acids is 1. The molecule has 22 heavy (non-hydrogen) atoms. The van der Waals surface area contributed by atoms with Gasteiger partial charge in [0.15, 0.2) is 5.11 Å². The molecule has 3 rings (SSSR count). The highest BCUT2D eigenvalue weighted by Gasteiger charge is 2.29. The largest absolute Gasteiger partial charge is 0.491 e. The van der Waals surface area contributed by atoms with Gasteiger partial charge in [0.1, 0.15) is 12.4 Å². The Hall–Kier alpha value is -1.66. The highest BCUT2D eigenvalue weighted by Crippen LogP contribution is 2.28. The van der Waals surface area contributed by atoms with Crippen LogP contribution >= 0.6 is 12.2 Å². The van der Waals surface area contributed by atoms with Gasteiger partial charge in [0.25, 0.3) is 0 Å². The molecule has 2 aliphatic rings. The van der Waals surface area contributed by atoms with Gasteiger partial charge in [-0.1, -0.05) is 0 Å². The lowest BCUT2D eigenvalue weighted by Crippen LogP contribution is -2.35. The molecule has 0 unspecified atom stereocenters. The highest BCUT2D eigenvalue weighted by atomic mass is 32.1. The van der Waals surface area contributed by atoms with Gasteiger partial charge in [-0.05, 0) is 62.2 Å². The minimum Gasteiger partial charge on any atom is -0.491 e. The monoisotopic (exact) mass is 320 g/mol. The summed E-state index contributed by atoms with van der Waals surface area (Å²) in [5, 5.41) is 6.04. The van der Waals surface area contributed by atoms with Crippen molar-refractivity contribution in [3.05, 3.63) is 24.3 Å². The number of thiocarbonyl (C=S) groups is 1. The first-order valence-corrected chi connectivity index (χ1v) is 8.08. The molecular weight excluding hydrogens is 300 g/mol. The number of carbonyl (C=O) groups is 1. The third kappa shape index (κ3) is 4.42. The first-order valence-electron chi connectivity index (χ1n) is 7.67. The molecule has 1 aromatic rings. The van der Waals surface area contributed by atoms with Gasteiger partial charge < -0.3 is 20.1 Å². The van der Waals surface area contributed by atoms with E-state index in [2.05, 4.69) is 10.6 Å². The Morgan fingerprint density at radius 1 is 1.27 bits per heavy atom. The van der Waals surface area contributed by atoms with Crippen LogP contribution in [0.5, 0.6) is 5.75 Å². The van der Waals surface area contributed by atoms with Crippen LogP contribution < -0.4 is 15.4 Å². The fraction of sp³-hybridized carbons (Fsp3) is 0.500. The first kappa shape index (κ1) is 15.2. The first-order chi connectivity index (χ1) is 10.7. The van der Waals surface area contributed by atoms with Crippen molar-refractivity contribution < 1.29 is 14.3 Å². The van der Waals surface area contributed by atoms with E-state index in [9.17, 15) is 4.79 Å². The normalized spacial score (nSPS) is 20.5. The maximum absolute atomic E-state index is 11.6. The van der Waals surface area contributed by atoms with E-state index in [4.69, 9.17) is 21.7 Å². The van der Waals surface area contributed by atoms with E-state index in [1.807, 2.05) is 24.3 Å². The number of anilines is 1. The molecule has 1 heterocycles. The van der Waals surface area contributed by atoms with Crippen molar-refractivity contribution in [1.82, 2.24) is 5.32 Å². The summed E-state index contributed by atoms with van der Waals surface area (Å²) in [7, 11) is 0. The lowest BCUT2D eigenvalue weighted by atomic mass is 10.2. The van der Waals surface area contributed by atoms with Crippen molar-refractivity contribution in [2.75, 3.05) is 18.5 Å². The molecule has 1 atom stereocenters. The Labute approximate surface area is 135 Å². The van der Waals surface area contributed by atoms with Crippen molar-refractivity contribution in [2.45, 2.75) is 31.8 Å². The number of benzene rings is 1. The average molecular weight is 320 g/mol. The zero-order chi connectivity index (χ0) is 15.4. The van der Waals surface area contributed by atoms with Gasteiger partial charge in [0, 0.05) is 18.2 Å². The van der Waals surface area contributed by atoms with Crippen LogP contribution in [0.3, 0.4) is 0 Å². The molecule has 1 aromatic carbocycles.